The van der Waals surface area contributed by atoms with E-state index >= 15 is 0 Å². The highest BCUT2D eigenvalue weighted by molar-refractivity contribution is 4.59. The molecule has 0 saturated carbocycles. The number of methoxy groups -OCH3 is 1. The summed E-state index contributed by atoms with van der Waals surface area (Å²) in [7, 11) is 1.71. The van der Waals surface area contributed by atoms with Gasteiger partial charge >= 0.3 is 0 Å². The number of nitrogens with two attached hydrogens (primary N) is 1. The Morgan fingerprint density at radius 1 is 1.44 bits per heavy atom. The van der Waals surface area contributed by atoms with Crippen LogP contribution in [0.25, 0.3) is 0 Å². The zero-order valence-corrected chi connectivity index (χ0v) is 6.55. The van der Waals surface area contributed by atoms with E-state index in [1.807, 2.05) is 0 Å². The van der Waals surface area contributed by atoms with Gasteiger partial charge in [0.1, 0.15) is 0 Å². The zero-order chi connectivity index (χ0) is 7.28. The lowest BCUT2D eigenvalue weighted by Gasteiger charge is -2.14. The fraction of sp³-hybridized carbons (Fsp3) is 1.00. The Labute approximate surface area is 57.4 Å². The van der Waals surface area contributed by atoms with Crippen molar-refractivity contribution < 1.29 is 4.74 Å². The molecule has 0 radical (unpaired) electrons. The lowest BCUT2D eigenvalue weighted by molar-refractivity contribution is 0.0913. The van der Waals surface area contributed by atoms with Crippen molar-refractivity contribution in [3.05, 3.63) is 0 Å². The molecule has 0 aliphatic rings. The van der Waals surface area contributed by atoms with E-state index in [1.165, 1.54) is 0 Å². The van der Waals surface area contributed by atoms with Crippen molar-refractivity contribution in [2.45, 2.75) is 26.4 Å². The van der Waals surface area contributed by atoms with Gasteiger partial charge in [-0.15, -0.1) is 0 Å². The van der Waals surface area contributed by atoms with E-state index < -0.39 is 0 Å². The largest absolute Gasteiger partial charge is 0.380 e. The van der Waals surface area contributed by atoms with Gasteiger partial charge in [0, 0.05) is 13.7 Å². The van der Waals surface area contributed by atoms with Gasteiger partial charge < -0.3 is 10.5 Å². The number of ether oxygens (including phenoxy) is 1. The Kier molecular flexibility index (Phi) is 4.72. The molecule has 0 rings (SSSR count). The number of hydrogen-bond donors (Lipinski definition) is 1. The molecule has 0 amide bonds. The highest BCUT2D eigenvalue weighted by Crippen LogP contribution is 2.05. The highest BCUT2D eigenvalue weighted by Gasteiger charge is 2.05. The summed E-state index contributed by atoms with van der Waals surface area (Å²) in [6.07, 6.45) is 1.32. The van der Waals surface area contributed by atoms with E-state index in [-0.39, 0.29) is 6.10 Å². The van der Waals surface area contributed by atoms with Gasteiger partial charge in [0.15, 0.2) is 0 Å². The first-order valence-corrected chi connectivity index (χ1v) is 3.43. The van der Waals surface area contributed by atoms with Crippen LogP contribution in [0.4, 0.5) is 0 Å². The van der Waals surface area contributed by atoms with Crippen molar-refractivity contribution >= 4 is 0 Å². The monoisotopic (exact) mass is 131 g/mol. The van der Waals surface area contributed by atoms with E-state index in [0.29, 0.717) is 12.5 Å². The predicted octanol–water partition coefficient (Wildman–Crippen LogP) is 1.01. The van der Waals surface area contributed by atoms with Crippen molar-refractivity contribution in [2.75, 3.05) is 13.7 Å². The van der Waals surface area contributed by atoms with Gasteiger partial charge in [0.25, 0.3) is 0 Å². The van der Waals surface area contributed by atoms with E-state index in [2.05, 4.69) is 13.8 Å². The Bertz CT molecular complexity index is 59.9. The molecular formula is C7H17NO. The van der Waals surface area contributed by atoms with E-state index in [0.717, 1.165) is 6.42 Å². The quantitative estimate of drug-likeness (QED) is 0.618. The Morgan fingerprint density at radius 3 is 2.11 bits per heavy atom. The minimum atomic E-state index is 0.255. The summed E-state index contributed by atoms with van der Waals surface area (Å²) >= 11 is 0. The molecule has 0 aromatic heterocycles. The van der Waals surface area contributed by atoms with Crippen molar-refractivity contribution in [1.82, 2.24) is 0 Å². The molecule has 56 valence electrons. The van der Waals surface area contributed by atoms with Crippen molar-refractivity contribution in [1.29, 1.82) is 0 Å². The maximum Gasteiger partial charge on any atom is 0.0695 e. The van der Waals surface area contributed by atoms with Gasteiger partial charge in [-0.2, -0.15) is 0 Å². The molecule has 2 N–H and O–H groups in total. The van der Waals surface area contributed by atoms with Crippen molar-refractivity contribution in [3.8, 4) is 0 Å². The summed E-state index contributed by atoms with van der Waals surface area (Å²) in [6.45, 7) is 4.97. The standard InChI is InChI=1S/C7H17NO/c1-6(2)4-7(5-8)9-3/h6-7H,4-5,8H2,1-3H3/t7-/m0/s1. The number of rotatable bonds is 4. The van der Waals surface area contributed by atoms with Crippen LogP contribution < -0.4 is 5.73 Å². The van der Waals surface area contributed by atoms with E-state index in [9.17, 15) is 0 Å². The lowest BCUT2D eigenvalue weighted by atomic mass is 10.1. The van der Waals surface area contributed by atoms with Crippen LogP contribution in [0, 0.1) is 5.92 Å². The minimum Gasteiger partial charge on any atom is -0.380 e. The molecule has 0 spiro atoms. The molecule has 0 aromatic rings. The molecule has 1 atom stereocenters. The maximum atomic E-state index is 5.41. The van der Waals surface area contributed by atoms with Gasteiger partial charge in [-0.25, -0.2) is 0 Å². The summed E-state index contributed by atoms with van der Waals surface area (Å²) in [6, 6.07) is 0. The van der Waals surface area contributed by atoms with Crippen LogP contribution in [-0.4, -0.2) is 19.8 Å². The summed E-state index contributed by atoms with van der Waals surface area (Å²) in [4.78, 5) is 0. The van der Waals surface area contributed by atoms with Gasteiger partial charge in [-0.1, -0.05) is 13.8 Å². The molecular weight excluding hydrogens is 114 g/mol. The lowest BCUT2D eigenvalue weighted by Crippen LogP contribution is -2.23. The fourth-order valence-electron chi connectivity index (χ4n) is 0.814. The average Bonchev–Trinajstić information content (AvgIpc) is 1.82. The van der Waals surface area contributed by atoms with Gasteiger partial charge in [-0.05, 0) is 12.3 Å². The van der Waals surface area contributed by atoms with Crippen LogP contribution in [0.1, 0.15) is 20.3 Å². The molecule has 0 aromatic carbocycles. The first-order chi connectivity index (χ1) is 4.20. The Balaban J connectivity index is 3.31. The SMILES string of the molecule is CO[C@H](CN)CC(C)C. The highest BCUT2D eigenvalue weighted by atomic mass is 16.5. The van der Waals surface area contributed by atoms with Crippen LogP contribution in [0.2, 0.25) is 0 Å². The van der Waals surface area contributed by atoms with Crippen molar-refractivity contribution in [2.24, 2.45) is 11.7 Å². The molecule has 0 aliphatic heterocycles. The first kappa shape index (κ1) is 8.92. The smallest absolute Gasteiger partial charge is 0.0695 e. The average molecular weight is 131 g/mol. The first-order valence-electron chi connectivity index (χ1n) is 3.43. The molecule has 2 nitrogen and oxygen atoms in total. The van der Waals surface area contributed by atoms with Crippen molar-refractivity contribution in [3.63, 3.8) is 0 Å². The Morgan fingerprint density at radius 2 is 2.00 bits per heavy atom. The van der Waals surface area contributed by atoms with Gasteiger partial charge in [0.2, 0.25) is 0 Å². The Hall–Kier alpha value is -0.0800. The topological polar surface area (TPSA) is 35.2 Å². The molecule has 2 heteroatoms. The van der Waals surface area contributed by atoms with Crippen LogP contribution >= 0.6 is 0 Å². The molecule has 0 aliphatic carbocycles. The van der Waals surface area contributed by atoms with Gasteiger partial charge in [0.05, 0.1) is 6.10 Å². The fourth-order valence-corrected chi connectivity index (χ4v) is 0.814. The van der Waals surface area contributed by atoms with Crippen LogP contribution in [0.5, 0.6) is 0 Å². The van der Waals surface area contributed by atoms with E-state index in [1.54, 1.807) is 7.11 Å². The molecule has 9 heavy (non-hydrogen) atoms. The zero-order valence-electron chi connectivity index (χ0n) is 6.55. The second-order valence-electron chi connectivity index (χ2n) is 2.72. The second kappa shape index (κ2) is 4.77. The third-order valence-electron chi connectivity index (χ3n) is 1.33. The third kappa shape index (κ3) is 4.43. The van der Waals surface area contributed by atoms with E-state index in [4.69, 9.17) is 10.5 Å². The maximum absolute atomic E-state index is 5.41. The summed E-state index contributed by atoms with van der Waals surface area (Å²) in [5, 5.41) is 0. The van der Waals surface area contributed by atoms with Crippen LogP contribution in [0.3, 0.4) is 0 Å². The van der Waals surface area contributed by atoms with Gasteiger partial charge in [-0.3, -0.25) is 0 Å². The predicted molar refractivity (Wildman–Crippen MR) is 39.3 cm³/mol. The number of hydrogen-bond acceptors (Lipinski definition) is 2. The summed E-state index contributed by atoms with van der Waals surface area (Å²) in [5.74, 6) is 0.679. The minimum absolute atomic E-state index is 0.255. The molecule has 0 saturated heterocycles. The molecule has 0 unspecified atom stereocenters. The normalized spacial score (nSPS) is 14.3. The third-order valence-corrected chi connectivity index (χ3v) is 1.33. The second-order valence-corrected chi connectivity index (χ2v) is 2.72. The molecule has 0 fully saturated rings. The molecule has 0 heterocycles. The summed E-state index contributed by atoms with van der Waals surface area (Å²) < 4.78 is 5.09. The van der Waals surface area contributed by atoms with Crippen LogP contribution in [0.15, 0.2) is 0 Å². The van der Waals surface area contributed by atoms with Crippen LogP contribution in [-0.2, 0) is 4.74 Å². The summed E-state index contributed by atoms with van der Waals surface area (Å²) in [5.41, 5.74) is 5.41. The molecule has 0 bridgehead atoms.